The van der Waals surface area contributed by atoms with E-state index < -0.39 is 0 Å². The molecule has 29 heavy (non-hydrogen) atoms. The van der Waals surface area contributed by atoms with Crippen LogP contribution in [0, 0.1) is 0 Å². The molecule has 0 aliphatic carbocycles. The lowest BCUT2D eigenvalue weighted by Gasteiger charge is -2.08. The van der Waals surface area contributed by atoms with Gasteiger partial charge in [-0.2, -0.15) is 0 Å². The van der Waals surface area contributed by atoms with Crippen molar-refractivity contribution in [1.29, 1.82) is 0 Å². The van der Waals surface area contributed by atoms with Gasteiger partial charge < -0.3 is 14.8 Å². The van der Waals surface area contributed by atoms with Crippen molar-refractivity contribution >= 4 is 29.4 Å². The summed E-state index contributed by atoms with van der Waals surface area (Å²) in [5.74, 6) is 1.06. The molecule has 0 bridgehead atoms. The van der Waals surface area contributed by atoms with Gasteiger partial charge in [0.2, 0.25) is 0 Å². The molecule has 1 amide bonds. The topological polar surface area (TPSA) is 59.9 Å². The Kier molecular flexibility index (Phi) is 7.25. The number of methoxy groups -OCH3 is 1. The highest BCUT2D eigenvalue weighted by atomic mass is 35.5. The molecule has 0 unspecified atom stereocenters. The standard InChI is InChI=1S/C23H21ClN2O3/c1-28-22-12-9-19(13-21(22)24)25-14-18-7-10-20(11-8-18)29-16-23(27)26-15-17-5-3-2-4-6-17/h2-14H,15-16H2,1H3,(H,26,27). The van der Waals surface area contributed by atoms with Crippen LogP contribution in [-0.4, -0.2) is 25.8 Å². The molecule has 6 heteroatoms. The van der Waals surface area contributed by atoms with E-state index in [-0.39, 0.29) is 12.5 Å². The van der Waals surface area contributed by atoms with E-state index >= 15 is 0 Å². The molecule has 0 saturated carbocycles. The van der Waals surface area contributed by atoms with Gasteiger partial charge in [-0.25, -0.2) is 0 Å². The van der Waals surface area contributed by atoms with Crippen LogP contribution in [0.15, 0.2) is 77.8 Å². The molecule has 0 fully saturated rings. The molecule has 1 N–H and O–H groups in total. The lowest BCUT2D eigenvalue weighted by molar-refractivity contribution is -0.123. The number of amides is 1. The number of rotatable bonds is 8. The molecule has 0 heterocycles. The Hall–Kier alpha value is -3.31. The molecule has 0 aliphatic heterocycles. The van der Waals surface area contributed by atoms with Crippen LogP contribution >= 0.6 is 11.6 Å². The van der Waals surface area contributed by atoms with E-state index in [0.717, 1.165) is 16.8 Å². The van der Waals surface area contributed by atoms with Gasteiger partial charge >= 0.3 is 0 Å². The summed E-state index contributed by atoms with van der Waals surface area (Å²) >= 11 is 6.10. The van der Waals surface area contributed by atoms with Crippen molar-refractivity contribution < 1.29 is 14.3 Å². The predicted molar refractivity (Wildman–Crippen MR) is 115 cm³/mol. The first kappa shape index (κ1) is 20.4. The second-order valence-electron chi connectivity index (χ2n) is 6.20. The van der Waals surface area contributed by atoms with Crippen molar-refractivity contribution in [3.8, 4) is 11.5 Å². The highest BCUT2D eigenvalue weighted by Crippen LogP contribution is 2.28. The number of carbonyl (C=O) groups is 1. The third kappa shape index (κ3) is 6.36. The van der Waals surface area contributed by atoms with Crippen molar-refractivity contribution in [2.24, 2.45) is 4.99 Å². The molecular weight excluding hydrogens is 388 g/mol. The van der Waals surface area contributed by atoms with Gasteiger partial charge in [-0.3, -0.25) is 9.79 Å². The van der Waals surface area contributed by atoms with Gasteiger partial charge in [-0.05, 0) is 53.6 Å². The van der Waals surface area contributed by atoms with Gasteiger partial charge in [-0.1, -0.05) is 41.9 Å². The van der Waals surface area contributed by atoms with Crippen LogP contribution in [0.1, 0.15) is 11.1 Å². The molecule has 0 saturated heterocycles. The SMILES string of the molecule is COc1ccc(N=Cc2ccc(OCC(=O)NCc3ccccc3)cc2)cc1Cl. The Morgan fingerprint density at radius 1 is 1.07 bits per heavy atom. The van der Waals surface area contributed by atoms with Gasteiger partial charge in [-0.15, -0.1) is 0 Å². The van der Waals surface area contributed by atoms with Crippen LogP contribution in [0.4, 0.5) is 5.69 Å². The maximum Gasteiger partial charge on any atom is 0.258 e. The Morgan fingerprint density at radius 3 is 2.52 bits per heavy atom. The van der Waals surface area contributed by atoms with Crippen LogP contribution in [0.25, 0.3) is 0 Å². The maximum atomic E-state index is 11.9. The number of hydrogen-bond donors (Lipinski definition) is 1. The van der Waals surface area contributed by atoms with E-state index in [0.29, 0.717) is 23.1 Å². The highest BCUT2D eigenvalue weighted by molar-refractivity contribution is 6.32. The van der Waals surface area contributed by atoms with Crippen LogP contribution in [-0.2, 0) is 11.3 Å². The Labute approximate surface area is 175 Å². The summed E-state index contributed by atoms with van der Waals surface area (Å²) in [5.41, 5.74) is 2.67. The number of carbonyl (C=O) groups excluding carboxylic acids is 1. The zero-order chi connectivity index (χ0) is 20.5. The maximum absolute atomic E-state index is 11.9. The van der Waals surface area contributed by atoms with E-state index in [1.807, 2.05) is 48.5 Å². The molecule has 0 aromatic heterocycles. The van der Waals surface area contributed by atoms with E-state index in [4.69, 9.17) is 21.1 Å². The van der Waals surface area contributed by atoms with Crippen LogP contribution < -0.4 is 14.8 Å². The first-order valence-electron chi connectivity index (χ1n) is 9.05. The molecule has 5 nitrogen and oxygen atoms in total. The largest absolute Gasteiger partial charge is 0.495 e. The van der Waals surface area contributed by atoms with Crippen molar-refractivity contribution in [3.05, 3.63) is 88.9 Å². The molecule has 148 valence electrons. The summed E-state index contributed by atoms with van der Waals surface area (Å²) < 4.78 is 10.7. The minimum Gasteiger partial charge on any atom is -0.495 e. The number of nitrogens with zero attached hydrogens (tertiary/aromatic N) is 1. The van der Waals surface area contributed by atoms with E-state index in [2.05, 4.69) is 10.3 Å². The van der Waals surface area contributed by atoms with Crippen molar-refractivity contribution in [2.75, 3.05) is 13.7 Å². The van der Waals surface area contributed by atoms with Crippen LogP contribution in [0.3, 0.4) is 0 Å². The zero-order valence-electron chi connectivity index (χ0n) is 16.0. The molecule has 3 rings (SSSR count). The van der Waals surface area contributed by atoms with Gasteiger partial charge in [0, 0.05) is 12.8 Å². The first-order chi connectivity index (χ1) is 14.1. The molecule has 0 radical (unpaired) electrons. The molecule has 0 spiro atoms. The third-order valence-corrected chi connectivity index (χ3v) is 4.38. The Bertz CT molecular complexity index is 973. The van der Waals surface area contributed by atoms with E-state index in [1.54, 1.807) is 37.6 Å². The number of ether oxygens (including phenoxy) is 2. The lowest BCUT2D eigenvalue weighted by atomic mass is 10.2. The number of aliphatic imine (C=N–C) groups is 1. The average Bonchev–Trinajstić information content (AvgIpc) is 2.76. The predicted octanol–water partition coefficient (Wildman–Crippen LogP) is 4.79. The second kappa shape index (κ2) is 10.3. The molecule has 0 atom stereocenters. The minimum atomic E-state index is -0.170. The number of halogens is 1. The van der Waals surface area contributed by atoms with Gasteiger partial charge in [0.1, 0.15) is 11.5 Å². The van der Waals surface area contributed by atoms with Crippen molar-refractivity contribution in [1.82, 2.24) is 5.32 Å². The van der Waals surface area contributed by atoms with Gasteiger partial charge in [0.05, 0.1) is 17.8 Å². The van der Waals surface area contributed by atoms with Crippen molar-refractivity contribution in [2.45, 2.75) is 6.54 Å². The van der Waals surface area contributed by atoms with Crippen LogP contribution in [0.2, 0.25) is 5.02 Å². The number of hydrogen-bond acceptors (Lipinski definition) is 4. The van der Waals surface area contributed by atoms with Gasteiger partial charge in [0.15, 0.2) is 6.61 Å². The Balaban J connectivity index is 1.48. The fourth-order valence-electron chi connectivity index (χ4n) is 2.53. The summed E-state index contributed by atoms with van der Waals surface area (Å²) in [6.07, 6.45) is 1.73. The number of nitrogens with one attached hydrogen (secondary N) is 1. The highest BCUT2D eigenvalue weighted by Gasteiger charge is 2.03. The summed E-state index contributed by atoms with van der Waals surface area (Å²) in [6, 6.07) is 22.4. The molecular formula is C23H21ClN2O3. The Morgan fingerprint density at radius 2 is 1.83 bits per heavy atom. The smallest absolute Gasteiger partial charge is 0.258 e. The fourth-order valence-corrected chi connectivity index (χ4v) is 2.78. The summed E-state index contributed by atoms with van der Waals surface area (Å²) in [5, 5.41) is 3.34. The first-order valence-corrected chi connectivity index (χ1v) is 9.43. The zero-order valence-corrected chi connectivity index (χ0v) is 16.7. The van der Waals surface area contributed by atoms with Crippen molar-refractivity contribution in [3.63, 3.8) is 0 Å². The molecule has 3 aromatic carbocycles. The molecule has 3 aromatic rings. The average molecular weight is 409 g/mol. The second-order valence-corrected chi connectivity index (χ2v) is 6.60. The lowest BCUT2D eigenvalue weighted by Crippen LogP contribution is -2.28. The fraction of sp³-hybridized carbons (Fsp3) is 0.130. The van der Waals surface area contributed by atoms with Gasteiger partial charge in [0.25, 0.3) is 5.91 Å². The normalized spacial score (nSPS) is 10.7. The third-order valence-electron chi connectivity index (χ3n) is 4.08. The monoisotopic (exact) mass is 408 g/mol. The molecule has 0 aliphatic rings. The number of benzene rings is 3. The van der Waals surface area contributed by atoms with E-state index in [1.165, 1.54) is 0 Å². The quantitative estimate of drug-likeness (QED) is 0.545. The minimum absolute atomic E-state index is 0.0371. The summed E-state index contributed by atoms with van der Waals surface area (Å²) in [7, 11) is 1.57. The summed E-state index contributed by atoms with van der Waals surface area (Å²) in [6.45, 7) is 0.443. The summed E-state index contributed by atoms with van der Waals surface area (Å²) in [4.78, 5) is 16.3. The van der Waals surface area contributed by atoms with E-state index in [9.17, 15) is 4.79 Å². The van der Waals surface area contributed by atoms with Crippen LogP contribution in [0.5, 0.6) is 11.5 Å².